The van der Waals surface area contributed by atoms with Crippen molar-refractivity contribution in [1.82, 2.24) is 9.88 Å². The molecule has 0 radical (unpaired) electrons. The summed E-state index contributed by atoms with van der Waals surface area (Å²) >= 11 is 0. The molecule has 1 saturated heterocycles. The van der Waals surface area contributed by atoms with Crippen LogP contribution in [-0.2, 0) is 6.18 Å². The van der Waals surface area contributed by atoms with Crippen molar-refractivity contribution in [3.63, 3.8) is 0 Å². The average Bonchev–Trinajstić information content (AvgIpc) is 2.87. The Morgan fingerprint density at radius 3 is 2.50 bits per heavy atom. The maximum atomic E-state index is 12.6. The van der Waals surface area contributed by atoms with Gasteiger partial charge in [0.15, 0.2) is 0 Å². The lowest BCUT2D eigenvalue weighted by Crippen LogP contribution is -2.58. The molecule has 120 valence electrons. The first-order valence-electron chi connectivity index (χ1n) is 7.39. The van der Waals surface area contributed by atoms with E-state index in [-0.39, 0.29) is 6.03 Å². The van der Waals surface area contributed by atoms with Gasteiger partial charge in [0.25, 0.3) is 0 Å². The van der Waals surface area contributed by atoms with E-state index in [2.05, 4.69) is 10.3 Å². The Balaban J connectivity index is 1.63. The van der Waals surface area contributed by atoms with Crippen LogP contribution in [0.15, 0.2) is 12.3 Å². The van der Waals surface area contributed by atoms with Gasteiger partial charge < -0.3 is 10.2 Å². The molecule has 0 atom stereocenters. The van der Waals surface area contributed by atoms with Gasteiger partial charge in [-0.25, -0.2) is 9.78 Å². The molecule has 0 unspecified atom stereocenters. The van der Waals surface area contributed by atoms with E-state index >= 15 is 0 Å². The van der Waals surface area contributed by atoms with Crippen molar-refractivity contribution in [2.45, 2.75) is 38.8 Å². The van der Waals surface area contributed by atoms with Crippen molar-refractivity contribution in [1.29, 1.82) is 0 Å². The predicted molar refractivity (Wildman–Crippen MR) is 75.5 cm³/mol. The fourth-order valence-electron chi connectivity index (χ4n) is 3.38. The number of pyridine rings is 1. The second-order valence-electron chi connectivity index (χ2n) is 6.38. The van der Waals surface area contributed by atoms with Crippen molar-refractivity contribution in [2.24, 2.45) is 5.41 Å². The lowest BCUT2D eigenvalue weighted by molar-refractivity contribution is -0.141. The van der Waals surface area contributed by atoms with Crippen LogP contribution in [0.5, 0.6) is 0 Å². The second kappa shape index (κ2) is 5.14. The van der Waals surface area contributed by atoms with E-state index in [0.717, 1.165) is 38.2 Å². The first-order chi connectivity index (χ1) is 10.3. The number of nitrogens with zero attached hydrogens (tertiary/aromatic N) is 2. The molecule has 2 amide bonds. The number of halogens is 3. The molecule has 1 aliphatic heterocycles. The number of carbonyl (C=O) groups is 1. The van der Waals surface area contributed by atoms with Gasteiger partial charge in [-0.05, 0) is 31.4 Å². The summed E-state index contributed by atoms with van der Waals surface area (Å²) in [7, 11) is 0. The smallest absolute Gasteiger partial charge is 0.323 e. The minimum atomic E-state index is -4.47. The Morgan fingerprint density at radius 1 is 1.32 bits per heavy atom. The highest BCUT2D eigenvalue weighted by Gasteiger charge is 2.46. The number of urea groups is 1. The average molecular weight is 313 g/mol. The van der Waals surface area contributed by atoms with Crippen LogP contribution < -0.4 is 5.32 Å². The van der Waals surface area contributed by atoms with Gasteiger partial charge in [0, 0.05) is 18.5 Å². The Hall–Kier alpha value is -1.79. The zero-order chi connectivity index (χ0) is 16.0. The normalized spacial score (nSPS) is 20.1. The molecular formula is C15H18F3N3O. The molecule has 4 nitrogen and oxygen atoms in total. The Labute approximate surface area is 126 Å². The quantitative estimate of drug-likeness (QED) is 0.856. The standard InChI is InChI=1S/C15H18F3N3O/c1-10-6-12(15(16,17)18)19-7-11(10)20-13(22)21-8-14(9-21)4-2-3-5-14/h6-7H,2-5,8-9H2,1H3,(H,20,22). The molecule has 1 spiro atoms. The molecule has 7 heteroatoms. The van der Waals surface area contributed by atoms with Crippen LogP contribution in [0.3, 0.4) is 0 Å². The molecule has 1 N–H and O–H groups in total. The highest BCUT2D eigenvalue weighted by molar-refractivity contribution is 5.90. The number of nitrogens with one attached hydrogen (secondary N) is 1. The number of rotatable bonds is 1. The molecule has 3 rings (SSSR count). The van der Waals surface area contributed by atoms with Crippen LogP contribution in [0.2, 0.25) is 0 Å². The number of anilines is 1. The largest absolute Gasteiger partial charge is 0.433 e. The summed E-state index contributed by atoms with van der Waals surface area (Å²) in [6.07, 6.45) is 1.37. The maximum absolute atomic E-state index is 12.6. The molecular weight excluding hydrogens is 295 g/mol. The van der Waals surface area contributed by atoms with Crippen LogP contribution in [0.1, 0.15) is 36.9 Å². The van der Waals surface area contributed by atoms with Crippen LogP contribution in [0, 0.1) is 12.3 Å². The zero-order valence-electron chi connectivity index (χ0n) is 12.3. The molecule has 2 fully saturated rings. The minimum Gasteiger partial charge on any atom is -0.323 e. The van der Waals surface area contributed by atoms with Crippen LogP contribution >= 0.6 is 0 Å². The van der Waals surface area contributed by atoms with Gasteiger partial charge >= 0.3 is 12.2 Å². The summed E-state index contributed by atoms with van der Waals surface area (Å²) in [5, 5.41) is 2.65. The van der Waals surface area contributed by atoms with E-state index < -0.39 is 11.9 Å². The summed E-state index contributed by atoms with van der Waals surface area (Å²) in [5.41, 5.74) is 0.0270. The second-order valence-corrected chi connectivity index (χ2v) is 6.38. The number of hydrogen-bond donors (Lipinski definition) is 1. The Bertz CT molecular complexity index is 586. The van der Waals surface area contributed by atoms with E-state index in [1.165, 1.54) is 19.8 Å². The molecule has 1 aromatic rings. The van der Waals surface area contributed by atoms with Crippen molar-refractivity contribution in [2.75, 3.05) is 18.4 Å². The fraction of sp³-hybridized carbons (Fsp3) is 0.600. The van der Waals surface area contributed by atoms with E-state index in [1.807, 2.05) is 0 Å². The summed E-state index contributed by atoms with van der Waals surface area (Å²) in [5.74, 6) is 0. The Kier molecular flexibility index (Phi) is 3.53. The van der Waals surface area contributed by atoms with Gasteiger partial charge in [0.05, 0.1) is 11.9 Å². The topological polar surface area (TPSA) is 45.2 Å². The minimum absolute atomic E-state index is 0.262. The van der Waals surface area contributed by atoms with Gasteiger partial charge in [0.1, 0.15) is 5.69 Å². The third kappa shape index (κ3) is 2.76. The van der Waals surface area contributed by atoms with Crippen LogP contribution in [0.25, 0.3) is 0 Å². The predicted octanol–water partition coefficient (Wildman–Crippen LogP) is 3.82. The third-order valence-electron chi connectivity index (χ3n) is 4.65. The van der Waals surface area contributed by atoms with Crippen LogP contribution in [0.4, 0.5) is 23.7 Å². The Morgan fingerprint density at radius 2 is 1.95 bits per heavy atom. The number of likely N-dealkylation sites (tertiary alicyclic amines) is 1. The highest BCUT2D eigenvalue weighted by atomic mass is 19.4. The summed E-state index contributed by atoms with van der Waals surface area (Å²) in [6, 6.07) is 0.687. The lowest BCUT2D eigenvalue weighted by atomic mass is 9.78. The first kappa shape index (κ1) is 15.1. The maximum Gasteiger partial charge on any atom is 0.433 e. The van der Waals surface area contributed by atoms with E-state index in [4.69, 9.17) is 0 Å². The summed E-state index contributed by atoms with van der Waals surface area (Å²) in [4.78, 5) is 17.2. The number of carbonyl (C=O) groups excluding carboxylic acids is 1. The zero-order valence-corrected chi connectivity index (χ0v) is 12.3. The monoisotopic (exact) mass is 313 g/mol. The molecule has 1 aromatic heterocycles. The molecule has 1 saturated carbocycles. The number of hydrogen-bond acceptors (Lipinski definition) is 2. The summed E-state index contributed by atoms with van der Waals surface area (Å²) < 4.78 is 37.7. The van der Waals surface area contributed by atoms with Crippen molar-refractivity contribution in [3.05, 3.63) is 23.5 Å². The molecule has 0 aromatic carbocycles. The van der Waals surface area contributed by atoms with Crippen molar-refractivity contribution >= 4 is 11.7 Å². The van der Waals surface area contributed by atoms with Gasteiger partial charge in [-0.3, -0.25) is 0 Å². The molecule has 22 heavy (non-hydrogen) atoms. The van der Waals surface area contributed by atoms with Gasteiger partial charge in [-0.1, -0.05) is 12.8 Å². The van der Waals surface area contributed by atoms with E-state index in [0.29, 0.717) is 16.7 Å². The number of alkyl halides is 3. The summed E-state index contributed by atoms with van der Waals surface area (Å²) in [6.45, 7) is 3.01. The molecule has 2 heterocycles. The fourth-order valence-corrected chi connectivity index (χ4v) is 3.38. The number of aromatic nitrogens is 1. The van der Waals surface area contributed by atoms with E-state index in [1.54, 1.807) is 4.90 Å². The van der Waals surface area contributed by atoms with Crippen molar-refractivity contribution < 1.29 is 18.0 Å². The van der Waals surface area contributed by atoms with Crippen molar-refractivity contribution in [3.8, 4) is 0 Å². The van der Waals surface area contributed by atoms with Gasteiger partial charge in [0.2, 0.25) is 0 Å². The van der Waals surface area contributed by atoms with Gasteiger partial charge in [-0.15, -0.1) is 0 Å². The highest BCUT2D eigenvalue weighted by Crippen LogP contribution is 2.45. The first-order valence-corrected chi connectivity index (χ1v) is 7.39. The van der Waals surface area contributed by atoms with Crippen LogP contribution in [-0.4, -0.2) is 29.0 Å². The SMILES string of the molecule is Cc1cc(C(F)(F)F)ncc1NC(=O)N1CC2(CCCC2)C1. The molecule has 2 aliphatic rings. The number of amides is 2. The molecule has 1 aliphatic carbocycles. The lowest BCUT2D eigenvalue weighted by Gasteiger charge is -2.48. The third-order valence-corrected chi connectivity index (χ3v) is 4.65. The molecule has 0 bridgehead atoms. The van der Waals surface area contributed by atoms with Gasteiger partial charge in [-0.2, -0.15) is 13.2 Å². The van der Waals surface area contributed by atoms with E-state index in [9.17, 15) is 18.0 Å². The number of aryl methyl sites for hydroxylation is 1.